The van der Waals surface area contributed by atoms with Crippen LogP contribution >= 0.6 is 0 Å². The number of hydrogen-bond acceptors (Lipinski definition) is 4. The maximum absolute atomic E-state index is 11.9. The van der Waals surface area contributed by atoms with Gasteiger partial charge in [-0.1, -0.05) is 31.2 Å². The molecule has 0 aromatic heterocycles. The van der Waals surface area contributed by atoms with Gasteiger partial charge in [-0.15, -0.1) is 0 Å². The first-order chi connectivity index (χ1) is 10.6. The molecule has 1 aromatic carbocycles. The average Bonchev–Trinajstić information content (AvgIpc) is 2.54. The minimum Gasteiger partial charge on any atom is -0.496 e. The zero-order valence-corrected chi connectivity index (χ0v) is 13.4. The first-order valence-electron chi connectivity index (χ1n) is 7.71. The van der Waals surface area contributed by atoms with Crippen LogP contribution in [0.25, 0.3) is 0 Å². The third-order valence-corrected chi connectivity index (χ3v) is 3.93. The third kappa shape index (κ3) is 4.10. The number of carbonyl (C=O) groups excluding carboxylic acids is 1. The molecular formula is C18H24O4. The van der Waals surface area contributed by atoms with Crippen LogP contribution in [-0.2, 0) is 20.9 Å². The van der Waals surface area contributed by atoms with E-state index in [1.165, 1.54) is 0 Å². The molecule has 22 heavy (non-hydrogen) atoms. The van der Waals surface area contributed by atoms with Crippen LogP contribution < -0.4 is 4.74 Å². The van der Waals surface area contributed by atoms with Crippen LogP contribution in [0.3, 0.4) is 0 Å². The average molecular weight is 304 g/mol. The summed E-state index contributed by atoms with van der Waals surface area (Å²) in [6.07, 6.45) is 4.58. The summed E-state index contributed by atoms with van der Waals surface area (Å²) in [7, 11) is 1.64. The standard InChI is InChI=1S/C18H24O4/c1-14(2)17(19)22-18(11-7-4-8-12-18)21-13-15-9-5-6-10-16(15)20-3/h5-6,9-10H,1,4,7-8,11-13H2,2-3H3. The van der Waals surface area contributed by atoms with Crippen molar-refractivity contribution in [2.24, 2.45) is 0 Å². The highest BCUT2D eigenvalue weighted by molar-refractivity contribution is 5.87. The molecule has 0 N–H and O–H groups in total. The van der Waals surface area contributed by atoms with Gasteiger partial charge in [0.15, 0.2) is 0 Å². The molecule has 0 radical (unpaired) electrons. The van der Waals surface area contributed by atoms with E-state index >= 15 is 0 Å². The van der Waals surface area contributed by atoms with Crippen LogP contribution in [0.4, 0.5) is 0 Å². The molecule has 1 aliphatic carbocycles. The van der Waals surface area contributed by atoms with Crippen molar-refractivity contribution in [1.29, 1.82) is 0 Å². The first-order valence-corrected chi connectivity index (χ1v) is 7.71. The monoisotopic (exact) mass is 304 g/mol. The molecule has 0 amide bonds. The lowest BCUT2D eigenvalue weighted by atomic mass is 9.94. The van der Waals surface area contributed by atoms with Crippen LogP contribution in [-0.4, -0.2) is 18.9 Å². The smallest absolute Gasteiger partial charge is 0.335 e. The molecule has 0 spiro atoms. The van der Waals surface area contributed by atoms with Crippen molar-refractivity contribution in [2.75, 3.05) is 7.11 Å². The number of rotatable bonds is 6. The SMILES string of the molecule is C=C(C)C(=O)OC1(OCc2ccccc2OC)CCCCC1. The minimum atomic E-state index is -0.838. The number of ether oxygens (including phenoxy) is 3. The summed E-state index contributed by atoms with van der Waals surface area (Å²) in [6, 6.07) is 7.70. The Labute approximate surface area is 132 Å². The summed E-state index contributed by atoms with van der Waals surface area (Å²) in [6.45, 7) is 5.65. The Morgan fingerprint density at radius 1 is 1.23 bits per heavy atom. The van der Waals surface area contributed by atoms with Crippen molar-refractivity contribution >= 4 is 5.97 Å². The number of methoxy groups -OCH3 is 1. The molecule has 0 atom stereocenters. The van der Waals surface area contributed by atoms with Gasteiger partial charge in [0.25, 0.3) is 0 Å². The largest absolute Gasteiger partial charge is 0.496 e. The number of carbonyl (C=O) groups is 1. The van der Waals surface area contributed by atoms with Crippen LogP contribution in [0.5, 0.6) is 5.75 Å². The molecule has 0 unspecified atom stereocenters. The molecule has 2 rings (SSSR count). The molecule has 4 nitrogen and oxygen atoms in total. The fourth-order valence-corrected chi connectivity index (χ4v) is 2.65. The Morgan fingerprint density at radius 3 is 2.55 bits per heavy atom. The molecule has 1 fully saturated rings. The summed E-state index contributed by atoms with van der Waals surface area (Å²) in [4.78, 5) is 11.9. The summed E-state index contributed by atoms with van der Waals surface area (Å²) in [5.74, 6) is -0.448. The van der Waals surface area contributed by atoms with Gasteiger partial charge in [-0.25, -0.2) is 4.79 Å². The Kier molecular flexibility index (Phi) is 5.61. The van der Waals surface area contributed by atoms with E-state index in [1.807, 2.05) is 24.3 Å². The molecule has 0 aliphatic heterocycles. The maximum Gasteiger partial charge on any atom is 0.335 e. The van der Waals surface area contributed by atoms with Gasteiger partial charge >= 0.3 is 5.97 Å². The van der Waals surface area contributed by atoms with E-state index in [9.17, 15) is 4.79 Å². The summed E-state index contributed by atoms with van der Waals surface area (Å²) in [5, 5.41) is 0. The Balaban J connectivity index is 2.09. The van der Waals surface area contributed by atoms with Crippen molar-refractivity contribution in [2.45, 2.75) is 51.4 Å². The van der Waals surface area contributed by atoms with E-state index in [0.717, 1.165) is 43.4 Å². The van der Waals surface area contributed by atoms with Crippen molar-refractivity contribution in [3.63, 3.8) is 0 Å². The minimum absolute atomic E-state index is 0.355. The Bertz CT molecular complexity index is 530. The highest BCUT2D eigenvalue weighted by Gasteiger charge is 2.37. The normalized spacial score (nSPS) is 16.8. The highest BCUT2D eigenvalue weighted by atomic mass is 16.7. The van der Waals surface area contributed by atoms with Crippen LogP contribution in [0, 0.1) is 0 Å². The Hall–Kier alpha value is -1.81. The molecular weight excluding hydrogens is 280 g/mol. The van der Waals surface area contributed by atoms with Gasteiger partial charge in [0, 0.05) is 24.0 Å². The van der Waals surface area contributed by atoms with Gasteiger partial charge < -0.3 is 14.2 Å². The molecule has 0 bridgehead atoms. The van der Waals surface area contributed by atoms with E-state index in [-0.39, 0.29) is 5.97 Å². The van der Waals surface area contributed by atoms with E-state index in [1.54, 1.807) is 14.0 Å². The van der Waals surface area contributed by atoms with Crippen molar-refractivity contribution in [3.8, 4) is 5.75 Å². The predicted octanol–water partition coefficient (Wildman–Crippen LogP) is 3.99. The second-order valence-electron chi connectivity index (χ2n) is 5.74. The summed E-state index contributed by atoms with van der Waals surface area (Å²) in [5.41, 5.74) is 1.34. The predicted molar refractivity (Wildman–Crippen MR) is 84.5 cm³/mol. The molecule has 1 aliphatic rings. The second kappa shape index (κ2) is 7.45. The highest BCUT2D eigenvalue weighted by Crippen LogP contribution is 2.35. The molecule has 1 aromatic rings. The first kappa shape index (κ1) is 16.6. The third-order valence-electron chi connectivity index (χ3n) is 3.93. The van der Waals surface area contributed by atoms with E-state index in [0.29, 0.717) is 12.2 Å². The van der Waals surface area contributed by atoms with Crippen LogP contribution in [0.2, 0.25) is 0 Å². The molecule has 1 saturated carbocycles. The lowest BCUT2D eigenvalue weighted by Gasteiger charge is -2.36. The lowest BCUT2D eigenvalue weighted by molar-refractivity contribution is -0.246. The lowest BCUT2D eigenvalue weighted by Crippen LogP contribution is -2.40. The van der Waals surface area contributed by atoms with Crippen molar-refractivity contribution < 1.29 is 19.0 Å². The van der Waals surface area contributed by atoms with E-state index in [2.05, 4.69) is 6.58 Å². The molecule has 4 heteroatoms. The molecule has 120 valence electrons. The van der Waals surface area contributed by atoms with Crippen molar-refractivity contribution in [1.82, 2.24) is 0 Å². The number of para-hydroxylation sites is 1. The number of esters is 1. The fourth-order valence-electron chi connectivity index (χ4n) is 2.65. The van der Waals surface area contributed by atoms with Gasteiger partial charge in [-0.3, -0.25) is 0 Å². The second-order valence-corrected chi connectivity index (χ2v) is 5.74. The van der Waals surface area contributed by atoms with Gasteiger partial charge in [0.2, 0.25) is 5.79 Å². The summed E-state index contributed by atoms with van der Waals surface area (Å²) >= 11 is 0. The zero-order chi connectivity index (χ0) is 16.0. The van der Waals surface area contributed by atoms with Gasteiger partial charge in [-0.2, -0.15) is 0 Å². The zero-order valence-electron chi connectivity index (χ0n) is 13.4. The number of hydrogen-bond donors (Lipinski definition) is 0. The number of benzene rings is 1. The van der Waals surface area contributed by atoms with Gasteiger partial charge in [-0.05, 0) is 25.8 Å². The van der Waals surface area contributed by atoms with Gasteiger partial charge in [0.1, 0.15) is 5.75 Å². The van der Waals surface area contributed by atoms with E-state index in [4.69, 9.17) is 14.2 Å². The summed E-state index contributed by atoms with van der Waals surface area (Å²) < 4.78 is 17.0. The van der Waals surface area contributed by atoms with Crippen LogP contribution in [0.15, 0.2) is 36.4 Å². The molecule has 0 saturated heterocycles. The topological polar surface area (TPSA) is 44.8 Å². The quantitative estimate of drug-likeness (QED) is 0.453. The molecule has 0 heterocycles. The maximum atomic E-state index is 11.9. The van der Waals surface area contributed by atoms with Gasteiger partial charge in [0.05, 0.1) is 13.7 Å². The van der Waals surface area contributed by atoms with Crippen molar-refractivity contribution in [3.05, 3.63) is 42.0 Å². The van der Waals surface area contributed by atoms with E-state index < -0.39 is 5.79 Å². The fraction of sp³-hybridized carbons (Fsp3) is 0.500. The Morgan fingerprint density at radius 2 is 1.91 bits per heavy atom. The van der Waals surface area contributed by atoms with Crippen LogP contribution in [0.1, 0.15) is 44.6 Å².